The van der Waals surface area contributed by atoms with Gasteiger partial charge in [-0.2, -0.15) is 0 Å². The average molecular weight is 251 g/mol. The molecular weight excluding hydrogens is 242 g/mol. The van der Waals surface area contributed by atoms with E-state index in [4.69, 9.17) is 4.74 Å². The molecule has 1 aliphatic rings. The molecule has 2 rings (SSSR count). The van der Waals surface area contributed by atoms with Crippen molar-refractivity contribution in [3.63, 3.8) is 0 Å². The van der Waals surface area contributed by atoms with Crippen LogP contribution in [0.2, 0.25) is 0 Å². The molecule has 1 aliphatic heterocycles. The number of phenols is 1. The summed E-state index contributed by atoms with van der Waals surface area (Å²) in [7, 11) is 1.44. The van der Waals surface area contributed by atoms with Crippen molar-refractivity contribution in [1.29, 1.82) is 0 Å². The highest BCUT2D eigenvalue weighted by atomic mass is 32.2. The van der Waals surface area contributed by atoms with E-state index in [1.807, 2.05) is 0 Å². The second-order valence-electron chi connectivity index (χ2n) is 3.25. The molecule has 2 N–H and O–H groups in total. The van der Waals surface area contributed by atoms with Crippen molar-refractivity contribution < 1.29 is 19.4 Å². The molecule has 0 aliphatic carbocycles. The molecule has 0 unspecified atom stereocenters. The van der Waals surface area contributed by atoms with E-state index in [0.717, 1.165) is 11.8 Å². The lowest BCUT2D eigenvalue weighted by Gasteiger charge is -2.05. The van der Waals surface area contributed by atoms with Crippen molar-refractivity contribution in [2.24, 2.45) is 0 Å². The number of ether oxygens (including phenoxy) is 1. The van der Waals surface area contributed by atoms with Crippen LogP contribution < -0.4 is 10.1 Å². The van der Waals surface area contributed by atoms with Crippen molar-refractivity contribution in [2.45, 2.75) is 0 Å². The minimum absolute atomic E-state index is 0.0600. The topological polar surface area (TPSA) is 75.6 Å². The number of hydrogen-bond acceptors (Lipinski definition) is 5. The van der Waals surface area contributed by atoms with Crippen LogP contribution in [0.4, 0.5) is 4.79 Å². The molecule has 0 saturated carbocycles. The van der Waals surface area contributed by atoms with Gasteiger partial charge in [0.25, 0.3) is 11.1 Å². The van der Waals surface area contributed by atoms with Gasteiger partial charge in [-0.25, -0.2) is 0 Å². The number of carbonyl (C=O) groups is 2. The third-order valence-corrected chi connectivity index (χ3v) is 2.99. The molecule has 1 aromatic rings. The Kier molecular flexibility index (Phi) is 3.06. The Labute approximate surface area is 101 Å². The van der Waals surface area contributed by atoms with Crippen molar-refractivity contribution in [3.05, 3.63) is 28.7 Å². The Morgan fingerprint density at radius 1 is 1.41 bits per heavy atom. The Balaban J connectivity index is 2.39. The normalized spacial score (nSPS) is 17.4. The molecule has 0 spiro atoms. The molecule has 6 heteroatoms. The minimum Gasteiger partial charge on any atom is -0.504 e. The van der Waals surface area contributed by atoms with Gasteiger partial charge in [0, 0.05) is 5.56 Å². The van der Waals surface area contributed by atoms with Gasteiger partial charge in [-0.3, -0.25) is 14.9 Å². The van der Waals surface area contributed by atoms with Gasteiger partial charge in [0.1, 0.15) is 0 Å². The third-order valence-electron chi connectivity index (χ3n) is 2.18. The summed E-state index contributed by atoms with van der Waals surface area (Å²) in [6, 6.07) is 4.91. The number of phenolic OH excluding ortho intramolecular Hbond substituents is 1. The van der Waals surface area contributed by atoms with E-state index in [2.05, 4.69) is 5.32 Å². The van der Waals surface area contributed by atoms with Gasteiger partial charge in [-0.05, 0) is 23.9 Å². The van der Waals surface area contributed by atoms with Gasteiger partial charge in [0.05, 0.1) is 12.0 Å². The second kappa shape index (κ2) is 4.50. The highest BCUT2D eigenvalue weighted by Crippen LogP contribution is 2.33. The first-order valence-electron chi connectivity index (χ1n) is 4.72. The fourth-order valence-corrected chi connectivity index (χ4v) is 2.06. The predicted octanol–water partition coefficient (Wildman–Crippen LogP) is 1.72. The smallest absolute Gasteiger partial charge is 0.290 e. The molecule has 0 aromatic heterocycles. The zero-order valence-electron chi connectivity index (χ0n) is 8.89. The van der Waals surface area contributed by atoms with Gasteiger partial charge in [0.15, 0.2) is 11.5 Å². The van der Waals surface area contributed by atoms with Crippen LogP contribution in [-0.4, -0.2) is 23.4 Å². The summed E-state index contributed by atoms with van der Waals surface area (Å²) >= 11 is 0.800. The largest absolute Gasteiger partial charge is 0.504 e. The molecule has 17 heavy (non-hydrogen) atoms. The lowest BCUT2D eigenvalue weighted by molar-refractivity contribution is -0.115. The summed E-state index contributed by atoms with van der Waals surface area (Å²) < 4.78 is 4.94. The van der Waals surface area contributed by atoms with Gasteiger partial charge < -0.3 is 9.84 Å². The fourth-order valence-electron chi connectivity index (χ4n) is 1.38. The van der Waals surface area contributed by atoms with Gasteiger partial charge in [-0.1, -0.05) is 12.1 Å². The Bertz CT molecular complexity index is 524. The fraction of sp³-hybridized carbons (Fsp3) is 0.0909. The van der Waals surface area contributed by atoms with E-state index in [1.165, 1.54) is 13.2 Å². The van der Waals surface area contributed by atoms with E-state index in [1.54, 1.807) is 18.2 Å². The van der Waals surface area contributed by atoms with E-state index in [0.29, 0.717) is 11.3 Å². The lowest BCUT2D eigenvalue weighted by atomic mass is 10.1. The molecule has 1 heterocycles. The Morgan fingerprint density at radius 3 is 2.76 bits per heavy atom. The number of aromatic hydroxyl groups is 1. The SMILES string of the molecule is COc1cccc(C=C2SC(=O)NC2=O)c1O. The van der Waals surface area contributed by atoms with Crippen LogP contribution in [0.5, 0.6) is 11.5 Å². The number of rotatable bonds is 2. The monoisotopic (exact) mass is 251 g/mol. The van der Waals surface area contributed by atoms with Crippen LogP contribution >= 0.6 is 11.8 Å². The molecule has 2 amide bonds. The number of para-hydroxylation sites is 1. The number of hydrogen-bond donors (Lipinski definition) is 2. The van der Waals surface area contributed by atoms with E-state index in [9.17, 15) is 14.7 Å². The molecule has 0 radical (unpaired) electrons. The zero-order chi connectivity index (χ0) is 12.4. The maximum atomic E-state index is 11.3. The summed E-state index contributed by atoms with van der Waals surface area (Å²) in [6.45, 7) is 0. The van der Waals surface area contributed by atoms with Crippen molar-refractivity contribution in [2.75, 3.05) is 7.11 Å². The Hall–Kier alpha value is -1.95. The predicted molar refractivity (Wildman–Crippen MR) is 63.8 cm³/mol. The standard InChI is InChI=1S/C11H9NO4S/c1-16-7-4-2-3-6(9(7)13)5-8-10(14)12-11(15)17-8/h2-5,13H,1H3,(H,12,14,15). The van der Waals surface area contributed by atoms with Crippen LogP contribution in [0.1, 0.15) is 5.56 Å². The number of amides is 2. The maximum Gasteiger partial charge on any atom is 0.290 e. The minimum atomic E-state index is -0.456. The second-order valence-corrected chi connectivity index (χ2v) is 4.27. The quantitative estimate of drug-likeness (QED) is 0.783. The highest BCUT2D eigenvalue weighted by molar-refractivity contribution is 8.18. The highest BCUT2D eigenvalue weighted by Gasteiger charge is 2.25. The van der Waals surface area contributed by atoms with Gasteiger partial charge >= 0.3 is 0 Å². The number of imide groups is 1. The number of benzene rings is 1. The third kappa shape index (κ3) is 2.26. The Morgan fingerprint density at radius 2 is 2.18 bits per heavy atom. The first-order chi connectivity index (χ1) is 8.11. The molecule has 0 atom stereocenters. The van der Waals surface area contributed by atoms with Gasteiger partial charge in [0.2, 0.25) is 0 Å². The molecule has 0 bridgehead atoms. The van der Waals surface area contributed by atoms with E-state index >= 15 is 0 Å². The van der Waals surface area contributed by atoms with Crippen LogP contribution in [0.3, 0.4) is 0 Å². The lowest BCUT2D eigenvalue weighted by Crippen LogP contribution is -2.17. The summed E-state index contributed by atoms with van der Waals surface area (Å²) in [6.07, 6.45) is 1.45. The van der Waals surface area contributed by atoms with Gasteiger partial charge in [-0.15, -0.1) is 0 Å². The van der Waals surface area contributed by atoms with Crippen LogP contribution in [0.25, 0.3) is 6.08 Å². The number of thioether (sulfide) groups is 1. The molecule has 1 saturated heterocycles. The summed E-state index contributed by atoms with van der Waals surface area (Å²) in [4.78, 5) is 22.5. The van der Waals surface area contributed by atoms with E-state index < -0.39 is 11.1 Å². The summed E-state index contributed by atoms with van der Waals surface area (Å²) in [5.74, 6) is -0.202. The molecule has 5 nitrogen and oxygen atoms in total. The number of nitrogens with one attached hydrogen (secondary N) is 1. The molecule has 1 aromatic carbocycles. The first-order valence-corrected chi connectivity index (χ1v) is 5.54. The summed E-state index contributed by atoms with van der Waals surface area (Å²) in [5, 5.41) is 11.5. The van der Waals surface area contributed by atoms with Crippen molar-refractivity contribution >= 4 is 29.0 Å². The van der Waals surface area contributed by atoms with Crippen molar-refractivity contribution in [3.8, 4) is 11.5 Å². The van der Waals surface area contributed by atoms with Crippen molar-refractivity contribution in [1.82, 2.24) is 5.32 Å². The zero-order valence-corrected chi connectivity index (χ0v) is 9.71. The summed E-state index contributed by atoms with van der Waals surface area (Å²) in [5.41, 5.74) is 0.428. The molecule has 1 fully saturated rings. The first kappa shape index (κ1) is 11.5. The van der Waals surface area contributed by atoms with E-state index in [-0.39, 0.29) is 10.7 Å². The number of methoxy groups -OCH3 is 1. The number of carbonyl (C=O) groups excluding carboxylic acids is 2. The molecular formula is C11H9NO4S. The average Bonchev–Trinajstić information content (AvgIpc) is 2.60. The molecule has 88 valence electrons. The van der Waals surface area contributed by atoms with Crippen LogP contribution in [0, 0.1) is 0 Å². The van der Waals surface area contributed by atoms with Crippen LogP contribution in [0.15, 0.2) is 23.1 Å². The van der Waals surface area contributed by atoms with Crippen LogP contribution in [-0.2, 0) is 4.79 Å². The maximum absolute atomic E-state index is 11.3.